The molecule has 1 aromatic heterocycles. The van der Waals surface area contributed by atoms with Crippen molar-refractivity contribution in [2.75, 3.05) is 65.5 Å². The zero-order valence-corrected chi connectivity index (χ0v) is 15.0. The molecule has 3 heterocycles. The molecule has 3 rings (SSSR count). The highest BCUT2D eigenvalue weighted by Crippen LogP contribution is 2.22. The van der Waals surface area contributed by atoms with Gasteiger partial charge < -0.3 is 19.3 Å². The summed E-state index contributed by atoms with van der Waals surface area (Å²) < 4.78 is 10.9. The van der Waals surface area contributed by atoms with Crippen molar-refractivity contribution in [3.8, 4) is 0 Å². The Labute approximate surface area is 144 Å². The molecule has 0 radical (unpaired) electrons. The third-order valence-electron chi connectivity index (χ3n) is 5.05. The van der Waals surface area contributed by atoms with Crippen LogP contribution in [-0.4, -0.2) is 92.5 Å². The lowest BCUT2D eigenvalue weighted by Crippen LogP contribution is -2.45. The van der Waals surface area contributed by atoms with E-state index in [9.17, 15) is 0 Å². The van der Waals surface area contributed by atoms with Crippen LogP contribution in [0.15, 0.2) is 12.4 Å². The van der Waals surface area contributed by atoms with Crippen molar-refractivity contribution in [2.24, 2.45) is 0 Å². The first-order valence-corrected chi connectivity index (χ1v) is 8.69. The van der Waals surface area contributed by atoms with E-state index in [-0.39, 0.29) is 6.10 Å². The van der Waals surface area contributed by atoms with E-state index in [0.717, 1.165) is 63.8 Å². The first kappa shape index (κ1) is 17.5. The number of piperazine rings is 1. The van der Waals surface area contributed by atoms with Gasteiger partial charge in [0.05, 0.1) is 12.7 Å². The summed E-state index contributed by atoms with van der Waals surface area (Å²) in [5.74, 6) is 0.844. The van der Waals surface area contributed by atoms with Gasteiger partial charge in [0.2, 0.25) is 5.95 Å². The lowest BCUT2D eigenvalue weighted by Gasteiger charge is -2.32. The summed E-state index contributed by atoms with van der Waals surface area (Å²) in [6.07, 6.45) is 5.23. The van der Waals surface area contributed by atoms with Crippen molar-refractivity contribution in [1.82, 2.24) is 19.8 Å². The predicted octanol–water partition coefficient (Wildman–Crippen LogP) is 0.464. The molecule has 0 amide bonds. The van der Waals surface area contributed by atoms with E-state index in [2.05, 4.69) is 31.7 Å². The van der Waals surface area contributed by atoms with Crippen molar-refractivity contribution >= 4 is 5.95 Å². The highest BCUT2D eigenvalue weighted by molar-refractivity contribution is 5.30. The molecular formula is C17H29N5O2. The van der Waals surface area contributed by atoms with Crippen LogP contribution in [0.3, 0.4) is 0 Å². The van der Waals surface area contributed by atoms with Gasteiger partial charge in [-0.1, -0.05) is 0 Å². The Hall–Kier alpha value is -1.28. The Bertz CT molecular complexity index is 504. The van der Waals surface area contributed by atoms with Gasteiger partial charge in [-0.25, -0.2) is 9.97 Å². The van der Waals surface area contributed by atoms with Gasteiger partial charge in [-0.3, -0.25) is 4.90 Å². The van der Waals surface area contributed by atoms with Gasteiger partial charge >= 0.3 is 0 Å². The number of anilines is 1. The summed E-state index contributed by atoms with van der Waals surface area (Å²) in [4.78, 5) is 16.2. The molecule has 7 nitrogen and oxygen atoms in total. The lowest BCUT2D eigenvalue weighted by atomic mass is 10.2. The number of ether oxygens (including phenoxy) is 2. The molecule has 0 saturated carbocycles. The molecule has 0 bridgehead atoms. The van der Waals surface area contributed by atoms with Crippen molar-refractivity contribution < 1.29 is 9.47 Å². The first-order chi connectivity index (χ1) is 11.7. The zero-order valence-electron chi connectivity index (χ0n) is 15.0. The van der Waals surface area contributed by atoms with Crippen LogP contribution < -0.4 is 4.90 Å². The third-order valence-corrected chi connectivity index (χ3v) is 5.05. The van der Waals surface area contributed by atoms with Crippen molar-refractivity contribution in [3.05, 3.63) is 18.0 Å². The number of methoxy groups -OCH3 is 2. The standard InChI is InChI=1S/C17H29N5O2/c1-20-4-6-21(7-5-20)17-18-9-14(10-19-17)11-22-12-16(24-3)8-15(22)13-23-2/h9-10,15-16H,4-8,11-13H2,1-3H3/t15-,16-/m0/s1. The maximum absolute atomic E-state index is 5.52. The van der Waals surface area contributed by atoms with E-state index < -0.39 is 0 Å². The number of aromatic nitrogens is 2. The van der Waals surface area contributed by atoms with Gasteiger partial charge in [-0.05, 0) is 13.5 Å². The summed E-state index contributed by atoms with van der Waals surface area (Å²) in [5, 5.41) is 0. The zero-order chi connectivity index (χ0) is 16.9. The van der Waals surface area contributed by atoms with Gasteiger partial charge in [0, 0.05) is 77.5 Å². The molecule has 0 unspecified atom stereocenters. The van der Waals surface area contributed by atoms with E-state index in [1.165, 1.54) is 0 Å². The topological polar surface area (TPSA) is 54.0 Å². The maximum Gasteiger partial charge on any atom is 0.225 e. The summed E-state index contributed by atoms with van der Waals surface area (Å²) >= 11 is 0. The van der Waals surface area contributed by atoms with Crippen LogP contribution in [0.1, 0.15) is 12.0 Å². The minimum absolute atomic E-state index is 0.288. The Kier molecular flexibility index (Phi) is 5.99. The second kappa shape index (κ2) is 8.20. The second-order valence-corrected chi connectivity index (χ2v) is 6.81. The quantitative estimate of drug-likeness (QED) is 0.749. The minimum atomic E-state index is 0.288. The minimum Gasteiger partial charge on any atom is -0.383 e. The van der Waals surface area contributed by atoms with E-state index in [1.54, 1.807) is 14.2 Å². The molecule has 7 heteroatoms. The molecule has 1 aromatic rings. The number of likely N-dealkylation sites (tertiary alicyclic amines) is 1. The van der Waals surface area contributed by atoms with Crippen LogP contribution in [0.2, 0.25) is 0 Å². The average molecular weight is 335 g/mol. The Morgan fingerprint density at radius 1 is 1.12 bits per heavy atom. The molecule has 0 aromatic carbocycles. The molecule has 2 saturated heterocycles. The summed E-state index contributed by atoms with van der Waals surface area (Å²) in [7, 11) is 5.69. The molecule has 2 aliphatic heterocycles. The van der Waals surface area contributed by atoms with Gasteiger partial charge in [0.1, 0.15) is 0 Å². The van der Waals surface area contributed by atoms with Crippen LogP contribution in [-0.2, 0) is 16.0 Å². The van der Waals surface area contributed by atoms with Gasteiger partial charge in [-0.15, -0.1) is 0 Å². The fourth-order valence-electron chi connectivity index (χ4n) is 3.50. The van der Waals surface area contributed by atoms with Crippen molar-refractivity contribution in [2.45, 2.75) is 25.1 Å². The fourth-order valence-corrected chi connectivity index (χ4v) is 3.50. The third kappa shape index (κ3) is 4.22. The summed E-state index contributed by atoms with van der Waals surface area (Å²) in [6, 6.07) is 0.400. The molecule has 134 valence electrons. The van der Waals surface area contributed by atoms with Crippen LogP contribution in [0.4, 0.5) is 5.95 Å². The number of likely N-dealkylation sites (N-methyl/N-ethyl adjacent to an activating group) is 1. The highest BCUT2D eigenvalue weighted by Gasteiger charge is 2.32. The largest absolute Gasteiger partial charge is 0.383 e. The Morgan fingerprint density at radius 3 is 2.46 bits per heavy atom. The van der Waals surface area contributed by atoms with Gasteiger partial charge in [0.25, 0.3) is 0 Å². The van der Waals surface area contributed by atoms with Crippen LogP contribution in [0.5, 0.6) is 0 Å². The van der Waals surface area contributed by atoms with Crippen LogP contribution in [0.25, 0.3) is 0 Å². The molecule has 2 aliphatic rings. The van der Waals surface area contributed by atoms with Gasteiger partial charge in [-0.2, -0.15) is 0 Å². The molecule has 2 atom stereocenters. The van der Waals surface area contributed by atoms with E-state index >= 15 is 0 Å². The maximum atomic E-state index is 5.52. The second-order valence-electron chi connectivity index (χ2n) is 6.81. The molecular weight excluding hydrogens is 306 g/mol. The molecule has 0 spiro atoms. The summed E-state index contributed by atoms with van der Waals surface area (Å²) in [6.45, 7) is 6.63. The van der Waals surface area contributed by atoms with Crippen molar-refractivity contribution in [1.29, 1.82) is 0 Å². The van der Waals surface area contributed by atoms with E-state index in [4.69, 9.17) is 9.47 Å². The molecule has 2 fully saturated rings. The molecule has 0 N–H and O–H groups in total. The summed E-state index contributed by atoms with van der Waals surface area (Å²) in [5.41, 5.74) is 1.14. The highest BCUT2D eigenvalue weighted by atomic mass is 16.5. The smallest absolute Gasteiger partial charge is 0.225 e. The molecule has 0 aliphatic carbocycles. The number of rotatable bonds is 6. The van der Waals surface area contributed by atoms with E-state index in [1.807, 2.05) is 12.4 Å². The van der Waals surface area contributed by atoms with Crippen molar-refractivity contribution in [3.63, 3.8) is 0 Å². The Morgan fingerprint density at radius 2 is 1.83 bits per heavy atom. The average Bonchev–Trinajstić information content (AvgIpc) is 2.99. The van der Waals surface area contributed by atoms with Gasteiger partial charge in [0.15, 0.2) is 0 Å². The fraction of sp³-hybridized carbons (Fsp3) is 0.765. The normalized spacial score (nSPS) is 26.2. The molecule has 24 heavy (non-hydrogen) atoms. The first-order valence-electron chi connectivity index (χ1n) is 8.69. The number of nitrogens with zero attached hydrogens (tertiary/aromatic N) is 5. The number of hydrogen-bond acceptors (Lipinski definition) is 7. The number of hydrogen-bond donors (Lipinski definition) is 0. The predicted molar refractivity (Wildman–Crippen MR) is 93.2 cm³/mol. The van der Waals surface area contributed by atoms with Crippen LogP contribution in [0, 0.1) is 0 Å². The van der Waals surface area contributed by atoms with Crippen LogP contribution >= 0.6 is 0 Å². The van der Waals surface area contributed by atoms with E-state index in [0.29, 0.717) is 6.04 Å². The SMILES string of the molecule is COC[C@@H]1C[C@H](OC)CN1Cc1cnc(N2CCN(C)CC2)nc1. The Balaban J connectivity index is 1.59. The monoisotopic (exact) mass is 335 g/mol. The lowest BCUT2D eigenvalue weighted by molar-refractivity contribution is 0.106.